The van der Waals surface area contributed by atoms with E-state index in [4.69, 9.17) is 26.4 Å². The summed E-state index contributed by atoms with van der Waals surface area (Å²) < 4.78 is 5.59. The van der Waals surface area contributed by atoms with Crippen molar-refractivity contribution in [2.75, 3.05) is 63.4 Å². The van der Waals surface area contributed by atoms with Crippen LogP contribution < -0.4 is 21.5 Å². The number of unbranched alkanes of at least 4 members (excludes halogenated alkanes) is 1. The summed E-state index contributed by atoms with van der Waals surface area (Å²) in [6.07, 6.45) is 9.25. The average molecular weight is 1320 g/mol. The lowest BCUT2D eigenvalue weighted by molar-refractivity contribution is -0.248. The fraction of sp³-hybridized carbons (Fsp3) is 0.221. The fourth-order valence-electron chi connectivity index (χ4n) is 9.54. The number of rotatable bonds is 18. The van der Waals surface area contributed by atoms with Crippen molar-refractivity contribution in [3.05, 3.63) is 167 Å². The van der Waals surface area contributed by atoms with Gasteiger partial charge in [0.1, 0.15) is 18.7 Å². The summed E-state index contributed by atoms with van der Waals surface area (Å²) >= 11 is 13.1. The Labute approximate surface area is 547 Å². The summed E-state index contributed by atoms with van der Waals surface area (Å²) in [5, 5.41) is 12.1. The van der Waals surface area contributed by atoms with Crippen molar-refractivity contribution in [2.45, 2.75) is 60.8 Å². The van der Waals surface area contributed by atoms with Crippen LogP contribution in [0.3, 0.4) is 0 Å². The number of aldehydes is 1. The maximum absolute atomic E-state index is 11.4. The second-order valence-electron chi connectivity index (χ2n) is 20.0. The van der Waals surface area contributed by atoms with Gasteiger partial charge in [-0.25, -0.2) is 24.7 Å². The number of pyridine rings is 3. The minimum Gasteiger partial charge on any atom is -0.397 e. The highest BCUT2D eigenvalue weighted by Crippen LogP contribution is 2.48. The Hall–Kier alpha value is -6.63. The van der Waals surface area contributed by atoms with Gasteiger partial charge in [-0.2, -0.15) is 0 Å². The molecule has 3 aromatic carbocycles. The van der Waals surface area contributed by atoms with Gasteiger partial charge in [0.05, 0.1) is 72.1 Å². The quantitative estimate of drug-likeness (QED) is 0.0160. The molecule has 12 nitrogen and oxygen atoms in total. The van der Waals surface area contributed by atoms with Gasteiger partial charge in [-0.15, -0.1) is 79.8 Å². The van der Waals surface area contributed by atoms with E-state index in [1.807, 2.05) is 78.2 Å². The smallest absolute Gasteiger partial charge is 0.211 e. The first-order valence-corrected chi connectivity index (χ1v) is 35.7. The standard InChI is InChI=1S/C22H20N2OS3.C20H19N3S3.C18H12N2OS2.C6H13N.C2H6O2/c1-2-3-11-27-22-20(23-14-25)19-16(15-8-5-4-6-9-15)13-17(24-21(19)28-22)18-10-7-12-26-18;1-2-10-22-26-20-18(21)17-14(13-7-4-3-5-8-13)12-15(23-19(17)25-20)16-9-6-11-24-16;19-17-15(10-21)23-18-16(17)12(11-5-2-1-3-6-11)9-13(20-18)14-7-4-8-22-14;1-7-5-3-2-4-6-7;1-3-4-2/h4-10,12-14H,2-3,11H2,1H3,(H,23,25);3-9,11-12,22H,2,10,21H2,1H3;1-10H,19H2;2-6H2,1H3;1-2H3. The molecule has 13 rings (SSSR count). The molecule has 0 radical (unpaired) electrons. The molecule has 0 spiro atoms. The molecule has 1 amide bonds. The number of fused-ring (bicyclic) bond motifs is 3. The first-order valence-electron chi connectivity index (χ1n) is 28.8. The minimum atomic E-state index is 0.518. The second kappa shape index (κ2) is 33.8. The molecule has 1 aliphatic heterocycles. The number of benzene rings is 3. The average Bonchev–Trinajstić information content (AvgIpc) is 1.82. The van der Waals surface area contributed by atoms with Gasteiger partial charge in [0.2, 0.25) is 6.41 Å². The summed E-state index contributed by atoms with van der Waals surface area (Å²) in [4.78, 5) is 54.4. The van der Waals surface area contributed by atoms with E-state index in [1.165, 1.54) is 68.3 Å². The molecule has 0 saturated carbocycles. The van der Waals surface area contributed by atoms with E-state index < -0.39 is 0 Å². The number of carbonyl (C=O) groups excluding carboxylic acids is 2. The first kappa shape index (κ1) is 65.8. The van der Waals surface area contributed by atoms with Gasteiger partial charge in [0, 0.05) is 22.7 Å². The molecule has 9 aromatic heterocycles. The third-order valence-corrected chi connectivity index (χ3v) is 22.2. The SMILES string of the molecule is CCCCSc1sc2nc(-c3cccs3)cc(-c3ccccc3)c2c1NC=O.CCCNSc1sc2nc(-c3cccs3)cc(-c3ccccc3)c2c1N.CN1CCCCC1.COOC.Nc1c(C=O)sc2nc(-c3cccs3)cc(-c3ccccc3)c12. The third-order valence-electron chi connectivity index (χ3n) is 13.9. The van der Waals surface area contributed by atoms with Crippen LogP contribution in [0, 0.1) is 0 Å². The van der Waals surface area contributed by atoms with Crippen molar-refractivity contribution in [2.24, 2.45) is 0 Å². The second-order valence-corrected chi connectivity index (χ2v) is 28.4. The van der Waals surface area contributed by atoms with Gasteiger partial charge in [0.25, 0.3) is 0 Å². The van der Waals surface area contributed by atoms with E-state index in [2.05, 4.69) is 129 Å². The van der Waals surface area contributed by atoms with Gasteiger partial charge in [0.15, 0.2) is 6.29 Å². The number of likely N-dealkylation sites (tertiary alicyclic amines) is 1. The van der Waals surface area contributed by atoms with Gasteiger partial charge in [-0.05, 0) is 149 Å². The molecule has 20 heteroatoms. The van der Waals surface area contributed by atoms with E-state index >= 15 is 0 Å². The summed E-state index contributed by atoms with van der Waals surface area (Å²) in [7, 11) is 5.11. The Morgan fingerprint density at radius 1 is 0.568 bits per heavy atom. The Morgan fingerprint density at radius 3 is 1.43 bits per heavy atom. The van der Waals surface area contributed by atoms with E-state index in [0.29, 0.717) is 10.6 Å². The predicted molar refractivity (Wildman–Crippen MR) is 384 cm³/mol. The number of nitrogens with zero attached hydrogens (tertiary/aromatic N) is 4. The summed E-state index contributed by atoms with van der Waals surface area (Å²) in [6.45, 7) is 7.94. The number of nitrogen functional groups attached to an aromatic ring is 2. The van der Waals surface area contributed by atoms with Crippen LogP contribution in [0.15, 0.2) is 170 Å². The van der Waals surface area contributed by atoms with Gasteiger partial charge < -0.3 is 21.7 Å². The molecule has 0 bridgehead atoms. The van der Waals surface area contributed by atoms with Crippen LogP contribution in [0.4, 0.5) is 17.1 Å². The number of nitrogens with one attached hydrogen (secondary N) is 2. The lowest BCUT2D eigenvalue weighted by atomic mass is 10.0. The van der Waals surface area contributed by atoms with Gasteiger partial charge in [-0.1, -0.05) is 136 Å². The highest BCUT2D eigenvalue weighted by Gasteiger charge is 2.22. The number of amides is 1. The molecule has 0 atom stereocenters. The Balaban J connectivity index is 0.000000145. The molecular weight excluding hydrogens is 1250 g/mol. The topological polar surface area (TPSA) is 171 Å². The highest BCUT2D eigenvalue weighted by molar-refractivity contribution is 8.01. The van der Waals surface area contributed by atoms with Crippen LogP contribution in [-0.4, -0.2) is 79.2 Å². The predicted octanol–water partition coefficient (Wildman–Crippen LogP) is 19.8. The molecule has 10 heterocycles. The first-order chi connectivity index (χ1) is 43.2. The molecule has 1 saturated heterocycles. The van der Waals surface area contributed by atoms with E-state index in [9.17, 15) is 9.59 Å². The Kier molecular flexibility index (Phi) is 25.3. The minimum absolute atomic E-state index is 0.518. The van der Waals surface area contributed by atoms with Crippen LogP contribution in [0.25, 0.3) is 95.7 Å². The highest BCUT2D eigenvalue weighted by atomic mass is 32.2. The number of aromatic nitrogens is 3. The molecule has 12 aromatic rings. The molecule has 88 heavy (non-hydrogen) atoms. The molecule has 6 N–H and O–H groups in total. The van der Waals surface area contributed by atoms with Crippen LogP contribution >= 0.6 is 91.7 Å². The molecule has 0 unspecified atom stereocenters. The number of thiophene rings is 6. The number of nitrogens with two attached hydrogens (primary N) is 2. The van der Waals surface area contributed by atoms with Crippen LogP contribution in [0.2, 0.25) is 0 Å². The fourth-order valence-corrected chi connectivity index (χ4v) is 17.2. The van der Waals surface area contributed by atoms with E-state index in [1.54, 1.807) is 80.4 Å². The summed E-state index contributed by atoms with van der Waals surface area (Å²) in [5.74, 6) is 1.04. The Morgan fingerprint density at radius 2 is 1.02 bits per heavy atom. The maximum Gasteiger partial charge on any atom is 0.211 e. The molecule has 1 aliphatic rings. The van der Waals surface area contributed by atoms with E-state index in [0.717, 1.165) is 149 Å². The molecule has 0 aliphatic carbocycles. The number of anilines is 3. The number of carbonyl (C=O) groups is 2. The van der Waals surface area contributed by atoms with E-state index in [-0.39, 0.29) is 0 Å². The zero-order valence-corrected chi connectivity index (χ0v) is 56.2. The number of hydrogen-bond acceptors (Lipinski definition) is 19. The maximum atomic E-state index is 11.4. The summed E-state index contributed by atoms with van der Waals surface area (Å²) in [6, 6.07) is 49.6. The van der Waals surface area contributed by atoms with Crippen molar-refractivity contribution in [1.82, 2.24) is 24.6 Å². The van der Waals surface area contributed by atoms with Crippen molar-refractivity contribution in [1.29, 1.82) is 0 Å². The monoisotopic (exact) mass is 1320 g/mol. The van der Waals surface area contributed by atoms with Crippen molar-refractivity contribution in [3.63, 3.8) is 0 Å². The third kappa shape index (κ3) is 16.8. The largest absolute Gasteiger partial charge is 0.397 e. The van der Waals surface area contributed by atoms with Crippen LogP contribution in [-0.2, 0) is 14.6 Å². The van der Waals surface area contributed by atoms with Crippen molar-refractivity contribution in [3.8, 4) is 65.1 Å². The lowest BCUT2D eigenvalue weighted by Crippen LogP contribution is -2.24. The zero-order valence-electron chi connectivity index (χ0n) is 49.7. The Bertz CT molecular complexity index is 4070. The van der Waals surface area contributed by atoms with Crippen LogP contribution in [0.5, 0.6) is 0 Å². The normalized spacial score (nSPS) is 12.1. The molecular formula is C68H70N8O4S8. The number of hydrogen-bond donors (Lipinski definition) is 4. The summed E-state index contributed by atoms with van der Waals surface area (Å²) in [5.41, 5.74) is 24.5. The van der Waals surface area contributed by atoms with Crippen molar-refractivity contribution < 1.29 is 19.4 Å². The zero-order chi connectivity index (χ0) is 61.6. The lowest BCUT2D eigenvalue weighted by Gasteiger charge is -2.20. The van der Waals surface area contributed by atoms with Crippen molar-refractivity contribution >= 4 is 152 Å². The number of piperidine rings is 1. The molecule has 454 valence electrons. The number of thioether (sulfide) groups is 1. The van der Waals surface area contributed by atoms with Crippen LogP contribution in [0.1, 0.15) is 62.0 Å². The molecule has 1 fully saturated rings. The van der Waals surface area contributed by atoms with Gasteiger partial charge in [-0.3, -0.25) is 14.3 Å². The van der Waals surface area contributed by atoms with Gasteiger partial charge >= 0.3 is 0 Å².